The summed E-state index contributed by atoms with van der Waals surface area (Å²) < 4.78 is 18.8. The van der Waals surface area contributed by atoms with Gasteiger partial charge in [0.25, 0.3) is 0 Å². The molecule has 1 aromatic carbocycles. The first-order chi connectivity index (χ1) is 8.15. The molecule has 0 atom stereocenters. The van der Waals surface area contributed by atoms with E-state index in [1.165, 1.54) is 6.07 Å². The Morgan fingerprint density at radius 2 is 2.06 bits per heavy atom. The average Bonchev–Trinajstić information content (AvgIpc) is 2.68. The van der Waals surface area contributed by atoms with Crippen molar-refractivity contribution in [3.8, 4) is 0 Å². The summed E-state index contributed by atoms with van der Waals surface area (Å²) in [7, 11) is 0. The van der Waals surface area contributed by atoms with Crippen LogP contribution in [-0.4, -0.2) is 0 Å². The summed E-state index contributed by atoms with van der Waals surface area (Å²) in [6.07, 6.45) is 0. The number of halogens is 2. The highest BCUT2D eigenvalue weighted by molar-refractivity contribution is 6.30. The van der Waals surface area contributed by atoms with E-state index >= 15 is 0 Å². The molecular formula is C13H13ClFNO. The molecule has 1 heterocycles. The van der Waals surface area contributed by atoms with E-state index in [9.17, 15) is 4.39 Å². The first-order valence-electron chi connectivity index (χ1n) is 5.35. The quantitative estimate of drug-likeness (QED) is 0.899. The molecule has 2 nitrogen and oxygen atoms in total. The Morgan fingerprint density at radius 1 is 1.24 bits per heavy atom. The van der Waals surface area contributed by atoms with E-state index in [0.29, 0.717) is 23.7 Å². The third-order valence-electron chi connectivity index (χ3n) is 2.43. The van der Waals surface area contributed by atoms with E-state index in [-0.39, 0.29) is 5.82 Å². The van der Waals surface area contributed by atoms with Gasteiger partial charge in [0.2, 0.25) is 0 Å². The lowest BCUT2D eigenvalue weighted by Gasteiger charge is -2.04. The summed E-state index contributed by atoms with van der Waals surface area (Å²) in [5.74, 6) is 1.43. The predicted octanol–water partition coefficient (Wildman–Crippen LogP) is 3.67. The molecule has 2 rings (SSSR count). The molecule has 17 heavy (non-hydrogen) atoms. The predicted molar refractivity (Wildman–Crippen MR) is 65.4 cm³/mol. The number of aryl methyl sites for hydroxylation is 1. The fourth-order valence-electron chi connectivity index (χ4n) is 1.57. The molecule has 0 unspecified atom stereocenters. The van der Waals surface area contributed by atoms with Crippen LogP contribution in [0.5, 0.6) is 0 Å². The molecule has 0 aliphatic heterocycles. The van der Waals surface area contributed by atoms with Crippen molar-refractivity contribution in [2.24, 2.45) is 0 Å². The molecule has 0 aliphatic carbocycles. The summed E-state index contributed by atoms with van der Waals surface area (Å²) in [6.45, 7) is 2.92. The SMILES string of the molecule is Cc1ccc(CNCc2ccc(Cl)cc2F)o1. The van der Waals surface area contributed by atoms with Crippen LogP contribution in [-0.2, 0) is 13.1 Å². The van der Waals surface area contributed by atoms with Gasteiger partial charge in [0.1, 0.15) is 17.3 Å². The molecule has 0 spiro atoms. The van der Waals surface area contributed by atoms with Crippen molar-refractivity contribution in [2.45, 2.75) is 20.0 Å². The Morgan fingerprint density at radius 3 is 2.71 bits per heavy atom. The van der Waals surface area contributed by atoms with Gasteiger partial charge in [-0.2, -0.15) is 0 Å². The van der Waals surface area contributed by atoms with Crippen LogP contribution < -0.4 is 5.32 Å². The first kappa shape index (κ1) is 12.1. The van der Waals surface area contributed by atoms with Gasteiger partial charge in [0.05, 0.1) is 6.54 Å². The summed E-state index contributed by atoms with van der Waals surface area (Å²) in [5, 5.41) is 3.52. The summed E-state index contributed by atoms with van der Waals surface area (Å²) in [4.78, 5) is 0. The van der Waals surface area contributed by atoms with Gasteiger partial charge in [-0.25, -0.2) is 4.39 Å². The van der Waals surface area contributed by atoms with Gasteiger partial charge in [0.15, 0.2) is 0 Å². The lowest BCUT2D eigenvalue weighted by atomic mass is 10.2. The number of nitrogens with one attached hydrogen (secondary N) is 1. The molecule has 0 fully saturated rings. The summed E-state index contributed by atoms with van der Waals surface area (Å²) in [5.41, 5.74) is 0.595. The summed E-state index contributed by atoms with van der Waals surface area (Å²) >= 11 is 5.67. The number of hydrogen-bond acceptors (Lipinski definition) is 2. The maximum absolute atomic E-state index is 13.4. The van der Waals surface area contributed by atoms with Crippen LogP contribution in [0, 0.1) is 12.7 Å². The first-order valence-corrected chi connectivity index (χ1v) is 5.73. The van der Waals surface area contributed by atoms with Crippen molar-refractivity contribution in [3.05, 3.63) is 58.3 Å². The van der Waals surface area contributed by atoms with Crippen LogP contribution in [0.25, 0.3) is 0 Å². The minimum Gasteiger partial charge on any atom is -0.465 e. The second-order valence-electron chi connectivity index (χ2n) is 3.85. The minimum atomic E-state index is -0.291. The largest absolute Gasteiger partial charge is 0.465 e. The minimum absolute atomic E-state index is 0.291. The van der Waals surface area contributed by atoms with Crippen LogP contribution in [0.4, 0.5) is 4.39 Å². The van der Waals surface area contributed by atoms with Crippen LogP contribution in [0.15, 0.2) is 34.7 Å². The Labute approximate surface area is 104 Å². The molecule has 1 N–H and O–H groups in total. The smallest absolute Gasteiger partial charge is 0.129 e. The van der Waals surface area contributed by atoms with Crippen molar-refractivity contribution >= 4 is 11.6 Å². The molecule has 2 aromatic rings. The zero-order valence-electron chi connectivity index (χ0n) is 9.47. The van der Waals surface area contributed by atoms with Gasteiger partial charge in [-0.05, 0) is 31.2 Å². The van der Waals surface area contributed by atoms with Gasteiger partial charge < -0.3 is 9.73 Å². The maximum atomic E-state index is 13.4. The van der Waals surface area contributed by atoms with Gasteiger partial charge >= 0.3 is 0 Å². The zero-order chi connectivity index (χ0) is 12.3. The lowest BCUT2D eigenvalue weighted by molar-refractivity contribution is 0.459. The van der Waals surface area contributed by atoms with Crippen molar-refractivity contribution in [2.75, 3.05) is 0 Å². The number of benzene rings is 1. The third kappa shape index (κ3) is 3.32. The summed E-state index contributed by atoms with van der Waals surface area (Å²) in [6, 6.07) is 8.48. The number of hydrogen-bond donors (Lipinski definition) is 1. The number of rotatable bonds is 4. The average molecular weight is 254 g/mol. The molecule has 4 heteroatoms. The molecule has 0 saturated heterocycles. The Bertz CT molecular complexity index is 510. The van der Waals surface area contributed by atoms with Crippen molar-refractivity contribution in [3.63, 3.8) is 0 Å². The molecule has 1 aromatic heterocycles. The highest BCUT2D eigenvalue weighted by Crippen LogP contribution is 2.14. The van der Waals surface area contributed by atoms with Crippen LogP contribution in [0.2, 0.25) is 5.02 Å². The molecular weight excluding hydrogens is 241 g/mol. The lowest BCUT2D eigenvalue weighted by Crippen LogP contribution is -2.13. The van der Waals surface area contributed by atoms with Gasteiger partial charge in [-0.3, -0.25) is 0 Å². The van der Waals surface area contributed by atoms with Crippen LogP contribution in [0.3, 0.4) is 0 Å². The highest BCUT2D eigenvalue weighted by atomic mass is 35.5. The molecule has 0 bridgehead atoms. The van der Waals surface area contributed by atoms with Crippen LogP contribution >= 0.6 is 11.6 Å². The molecule has 0 saturated carbocycles. The Balaban J connectivity index is 1.90. The fourth-order valence-corrected chi connectivity index (χ4v) is 1.72. The van der Waals surface area contributed by atoms with Gasteiger partial charge in [0, 0.05) is 17.1 Å². The molecule has 90 valence electrons. The van der Waals surface area contributed by atoms with Crippen molar-refractivity contribution in [1.82, 2.24) is 5.32 Å². The van der Waals surface area contributed by atoms with E-state index in [2.05, 4.69) is 5.32 Å². The molecule has 0 aliphatic rings. The van der Waals surface area contributed by atoms with E-state index in [1.807, 2.05) is 19.1 Å². The van der Waals surface area contributed by atoms with Gasteiger partial charge in [-0.1, -0.05) is 17.7 Å². The van der Waals surface area contributed by atoms with E-state index in [4.69, 9.17) is 16.0 Å². The second-order valence-corrected chi connectivity index (χ2v) is 4.29. The van der Waals surface area contributed by atoms with E-state index < -0.39 is 0 Å². The van der Waals surface area contributed by atoms with Crippen molar-refractivity contribution in [1.29, 1.82) is 0 Å². The van der Waals surface area contributed by atoms with E-state index in [1.54, 1.807) is 12.1 Å². The highest BCUT2D eigenvalue weighted by Gasteiger charge is 2.03. The second kappa shape index (κ2) is 5.34. The van der Waals surface area contributed by atoms with Crippen molar-refractivity contribution < 1.29 is 8.81 Å². The topological polar surface area (TPSA) is 25.2 Å². The number of furan rings is 1. The third-order valence-corrected chi connectivity index (χ3v) is 2.66. The van der Waals surface area contributed by atoms with E-state index in [0.717, 1.165) is 11.5 Å². The maximum Gasteiger partial charge on any atom is 0.129 e. The zero-order valence-corrected chi connectivity index (χ0v) is 10.2. The Kier molecular flexibility index (Phi) is 3.82. The normalized spacial score (nSPS) is 10.8. The Hall–Kier alpha value is -1.32. The molecule has 0 radical (unpaired) electrons. The monoisotopic (exact) mass is 253 g/mol. The molecule has 0 amide bonds. The standard InChI is InChI=1S/C13H13ClFNO/c1-9-2-5-12(17-9)8-16-7-10-3-4-11(14)6-13(10)15/h2-6,16H,7-8H2,1H3. The fraction of sp³-hybridized carbons (Fsp3) is 0.231. The van der Waals surface area contributed by atoms with Crippen LogP contribution in [0.1, 0.15) is 17.1 Å². The van der Waals surface area contributed by atoms with Gasteiger partial charge in [-0.15, -0.1) is 0 Å².